The lowest BCUT2D eigenvalue weighted by Gasteiger charge is -2.14. The number of aryl methyl sites for hydroxylation is 1. The summed E-state index contributed by atoms with van der Waals surface area (Å²) in [7, 11) is 0. The summed E-state index contributed by atoms with van der Waals surface area (Å²) in [6, 6.07) is 13.7. The third-order valence-electron chi connectivity index (χ3n) is 4.16. The lowest BCUT2D eigenvalue weighted by atomic mass is 9.96. The molecule has 0 aliphatic rings. The summed E-state index contributed by atoms with van der Waals surface area (Å²) < 4.78 is 40.5. The van der Waals surface area contributed by atoms with Crippen LogP contribution in [0.15, 0.2) is 48.5 Å². The SMILES string of the molecule is Cc1ccc2c(ccc3c(C(F)(F)F)nc4ccc(Cl)cc4c32)c1. The molecule has 4 rings (SSSR count). The van der Waals surface area contributed by atoms with E-state index in [0.29, 0.717) is 15.8 Å². The van der Waals surface area contributed by atoms with Gasteiger partial charge in [-0.3, -0.25) is 0 Å². The molecule has 0 fully saturated rings. The van der Waals surface area contributed by atoms with Crippen LogP contribution in [0.5, 0.6) is 0 Å². The number of halogens is 4. The fraction of sp³-hybridized carbons (Fsp3) is 0.105. The van der Waals surface area contributed by atoms with E-state index >= 15 is 0 Å². The third kappa shape index (κ3) is 2.29. The average molecular weight is 346 g/mol. The fourth-order valence-electron chi connectivity index (χ4n) is 3.14. The molecule has 1 aromatic heterocycles. The van der Waals surface area contributed by atoms with Crippen molar-refractivity contribution in [3.05, 3.63) is 64.8 Å². The molecule has 1 nitrogen and oxygen atoms in total. The number of pyridine rings is 1. The zero-order valence-electron chi connectivity index (χ0n) is 12.6. The van der Waals surface area contributed by atoms with Crippen molar-refractivity contribution >= 4 is 44.0 Å². The van der Waals surface area contributed by atoms with Gasteiger partial charge in [0.05, 0.1) is 5.52 Å². The summed E-state index contributed by atoms with van der Waals surface area (Å²) in [5, 5.41) is 3.37. The molecule has 0 bridgehead atoms. The van der Waals surface area contributed by atoms with Gasteiger partial charge in [0.1, 0.15) is 0 Å². The molecule has 0 spiro atoms. The summed E-state index contributed by atoms with van der Waals surface area (Å²) >= 11 is 6.08. The first-order valence-electron chi connectivity index (χ1n) is 7.34. The number of fused-ring (bicyclic) bond motifs is 5. The Kier molecular flexibility index (Phi) is 3.22. The van der Waals surface area contributed by atoms with Crippen molar-refractivity contribution < 1.29 is 13.2 Å². The first kappa shape index (κ1) is 15.2. The molecule has 1 heterocycles. The molecular weight excluding hydrogens is 335 g/mol. The second-order valence-corrected chi connectivity index (χ2v) is 6.27. The molecule has 0 unspecified atom stereocenters. The molecule has 0 aliphatic heterocycles. The van der Waals surface area contributed by atoms with Crippen LogP contribution in [0.1, 0.15) is 11.3 Å². The zero-order chi connectivity index (χ0) is 17.1. The minimum absolute atomic E-state index is 0.0913. The molecule has 24 heavy (non-hydrogen) atoms. The van der Waals surface area contributed by atoms with Gasteiger partial charge in [-0.05, 0) is 35.9 Å². The van der Waals surface area contributed by atoms with Crippen molar-refractivity contribution in [1.29, 1.82) is 0 Å². The Morgan fingerprint density at radius 2 is 1.62 bits per heavy atom. The van der Waals surface area contributed by atoms with Gasteiger partial charge >= 0.3 is 6.18 Å². The highest BCUT2D eigenvalue weighted by atomic mass is 35.5. The van der Waals surface area contributed by atoms with Crippen molar-refractivity contribution in [2.24, 2.45) is 0 Å². The number of alkyl halides is 3. The zero-order valence-corrected chi connectivity index (χ0v) is 13.3. The molecule has 4 aromatic rings. The van der Waals surface area contributed by atoms with E-state index in [0.717, 1.165) is 16.3 Å². The maximum atomic E-state index is 13.5. The quantitative estimate of drug-likeness (QED) is 0.330. The molecule has 0 saturated heterocycles. The Morgan fingerprint density at radius 1 is 0.875 bits per heavy atom. The lowest BCUT2D eigenvalue weighted by molar-refractivity contribution is -0.139. The number of aromatic nitrogens is 1. The molecule has 3 aromatic carbocycles. The topological polar surface area (TPSA) is 12.9 Å². The smallest absolute Gasteiger partial charge is 0.243 e. The molecular formula is C19H11ClF3N. The first-order valence-corrected chi connectivity index (χ1v) is 7.72. The van der Waals surface area contributed by atoms with Gasteiger partial charge in [0.2, 0.25) is 0 Å². The van der Waals surface area contributed by atoms with Gasteiger partial charge in [-0.1, -0.05) is 47.5 Å². The summed E-state index contributed by atoms with van der Waals surface area (Å²) in [5.41, 5.74) is 0.469. The molecule has 120 valence electrons. The minimum atomic E-state index is -4.52. The van der Waals surface area contributed by atoms with Crippen LogP contribution >= 0.6 is 11.6 Å². The van der Waals surface area contributed by atoms with Crippen molar-refractivity contribution in [3.8, 4) is 0 Å². The average Bonchev–Trinajstić information content (AvgIpc) is 2.52. The third-order valence-corrected chi connectivity index (χ3v) is 4.39. The molecule has 0 atom stereocenters. The summed E-state index contributed by atoms with van der Waals surface area (Å²) in [6.45, 7) is 1.95. The van der Waals surface area contributed by atoms with Gasteiger partial charge in [0.25, 0.3) is 0 Å². The molecule has 0 N–H and O–H groups in total. The summed E-state index contributed by atoms with van der Waals surface area (Å²) in [5.74, 6) is 0. The molecule has 0 amide bonds. The van der Waals surface area contributed by atoms with Crippen LogP contribution < -0.4 is 0 Å². The van der Waals surface area contributed by atoms with E-state index in [-0.39, 0.29) is 10.9 Å². The Labute approximate surface area is 140 Å². The van der Waals surface area contributed by atoms with E-state index in [4.69, 9.17) is 11.6 Å². The summed E-state index contributed by atoms with van der Waals surface area (Å²) in [6.07, 6.45) is -4.52. The van der Waals surface area contributed by atoms with Gasteiger partial charge in [-0.15, -0.1) is 0 Å². The van der Waals surface area contributed by atoms with Gasteiger partial charge in [-0.2, -0.15) is 13.2 Å². The van der Waals surface area contributed by atoms with Gasteiger partial charge in [0.15, 0.2) is 5.69 Å². The van der Waals surface area contributed by atoms with Crippen molar-refractivity contribution in [2.75, 3.05) is 0 Å². The Hall–Kier alpha value is -2.33. The number of benzene rings is 3. The highest BCUT2D eigenvalue weighted by Crippen LogP contribution is 2.40. The van der Waals surface area contributed by atoms with Crippen LogP contribution in [-0.2, 0) is 6.18 Å². The highest BCUT2D eigenvalue weighted by Gasteiger charge is 2.35. The van der Waals surface area contributed by atoms with Crippen LogP contribution in [0.4, 0.5) is 13.2 Å². The van der Waals surface area contributed by atoms with Crippen LogP contribution in [-0.4, -0.2) is 4.98 Å². The number of hydrogen-bond acceptors (Lipinski definition) is 1. The van der Waals surface area contributed by atoms with E-state index in [1.807, 2.05) is 25.1 Å². The second-order valence-electron chi connectivity index (χ2n) is 5.83. The van der Waals surface area contributed by atoms with E-state index in [2.05, 4.69) is 4.98 Å². The van der Waals surface area contributed by atoms with Crippen molar-refractivity contribution in [2.45, 2.75) is 13.1 Å². The largest absolute Gasteiger partial charge is 0.433 e. The van der Waals surface area contributed by atoms with Crippen molar-refractivity contribution in [3.63, 3.8) is 0 Å². The van der Waals surface area contributed by atoms with Crippen LogP contribution in [0.25, 0.3) is 32.4 Å². The maximum absolute atomic E-state index is 13.5. The van der Waals surface area contributed by atoms with Crippen LogP contribution in [0, 0.1) is 6.92 Å². The highest BCUT2D eigenvalue weighted by molar-refractivity contribution is 6.32. The first-order chi connectivity index (χ1) is 11.3. The number of nitrogens with zero attached hydrogens (tertiary/aromatic N) is 1. The molecule has 0 saturated carbocycles. The molecule has 0 radical (unpaired) electrons. The van der Waals surface area contributed by atoms with E-state index < -0.39 is 11.9 Å². The number of hydrogen-bond donors (Lipinski definition) is 0. The van der Waals surface area contributed by atoms with E-state index in [1.165, 1.54) is 12.1 Å². The number of rotatable bonds is 0. The van der Waals surface area contributed by atoms with Crippen molar-refractivity contribution in [1.82, 2.24) is 4.98 Å². The maximum Gasteiger partial charge on any atom is 0.433 e. The monoisotopic (exact) mass is 345 g/mol. The Balaban J connectivity index is 2.32. The fourth-order valence-corrected chi connectivity index (χ4v) is 3.31. The molecule has 5 heteroatoms. The van der Waals surface area contributed by atoms with Crippen LogP contribution in [0.2, 0.25) is 5.02 Å². The van der Waals surface area contributed by atoms with Gasteiger partial charge in [-0.25, -0.2) is 4.98 Å². The van der Waals surface area contributed by atoms with Gasteiger partial charge in [0, 0.05) is 21.2 Å². The van der Waals surface area contributed by atoms with E-state index in [9.17, 15) is 13.2 Å². The predicted octanol–water partition coefficient (Wildman–Crippen LogP) is 6.52. The normalized spacial score (nSPS) is 12.4. The minimum Gasteiger partial charge on any atom is -0.243 e. The lowest BCUT2D eigenvalue weighted by Crippen LogP contribution is -2.09. The van der Waals surface area contributed by atoms with Gasteiger partial charge < -0.3 is 0 Å². The predicted molar refractivity (Wildman–Crippen MR) is 91.5 cm³/mol. The summed E-state index contributed by atoms with van der Waals surface area (Å²) in [4.78, 5) is 3.86. The van der Waals surface area contributed by atoms with Crippen LogP contribution in [0.3, 0.4) is 0 Å². The van der Waals surface area contributed by atoms with E-state index in [1.54, 1.807) is 18.2 Å². The second kappa shape index (κ2) is 5.08. The Morgan fingerprint density at radius 3 is 2.38 bits per heavy atom. The molecule has 0 aliphatic carbocycles. The standard InChI is InChI=1S/C19H11ClF3N/c1-10-2-5-13-11(8-10)3-6-14-17(13)15-9-12(20)4-7-16(15)24-18(14)19(21,22)23/h2-9H,1H3. The Bertz CT molecular complexity index is 1120.